The van der Waals surface area contributed by atoms with Gasteiger partial charge < -0.3 is 15.0 Å². The molecule has 1 saturated heterocycles. The largest absolute Gasteiger partial charge is 0.448 e. The van der Waals surface area contributed by atoms with Crippen molar-refractivity contribution in [2.45, 2.75) is 32.2 Å². The highest BCUT2D eigenvalue weighted by atomic mass is 32.1. The standard InChI is InChI=1S/C25H28N4O3S/c26-17-21-20-11-14-29(25(31)32-16-15-28-12-5-2-6-13-28)18-22(20)33-24(21)27-23(30)10-9-19-7-3-1-4-8-19/h1,3-4,7-10H,2,5-6,11-16,18H2,(H,27,30)/b10-9+. The summed E-state index contributed by atoms with van der Waals surface area (Å²) in [4.78, 5) is 29.9. The van der Waals surface area contributed by atoms with Crippen LogP contribution >= 0.6 is 11.3 Å². The topological polar surface area (TPSA) is 85.7 Å². The van der Waals surface area contributed by atoms with Crippen molar-refractivity contribution in [1.82, 2.24) is 9.80 Å². The second-order valence-corrected chi connectivity index (χ2v) is 9.35. The van der Waals surface area contributed by atoms with Gasteiger partial charge in [-0.15, -0.1) is 11.3 Å². The van der Waals surface area contributed by atoms with E-state index in [-0.39, 0.29) is 12.0 Å². The van der Waals surface area contributed by atoms with E-state index in [1.807, 2.05) is 30.3 Å². The fourth-order valence-electron chi connectivity index (χ4n) is 4.19. The number of nitrogens with zero attached hydrogens (tertiary/aromatic N) is 3. The number of nitriles is 1. The number of rotatable bonds is 6. The number of nitrogens with one attached hydrogen (secondary N) is 1. The first kappa shape index (κ1) is 23.0. The van der Waals surface area contributed by atoms with Crippen LogP contribution < -0.4 is 5.32 Å². The zero-order valence-electron chi connectivity index (χ0n) is 18.6. The number of hydrogen-bond acceptors (Lipinski definition) is 6. The highest BCUT2D eigenvalue weighted by molar-refractivity contribution is 7.16. The van der Waals surface area contributed by atoms with Gasteiger partial charge in [0.25, 0.3) is 0 Å². The molecule has 0 saturated carbocycles. The molecule has 2 amide bonds. The summed E-state index contributed by atoms with van der Waals surface area (Å²) in [7, 11) is 0. The van der Waals surface area contributed by atoms with Crippen LogP contribution in [0.15, 0.2) is 36.4 Å². The number of piperidine rings is 1. The zero-order valence-corrected chi connectivity index (χ0v) is 19.4. The quantitative estimate of drug-likeness (QED) is 0.646. The van der Waals surface area contributed by atoms with E-state index in [0.29, 0.717) is 36.7 Å². The van der Waals surface area contributed by atoms with E-state index in [0.717, 1.165) is 35.6 Å². The monoisotopic (exact) mass is 464 g/mol. The Balaban J connectivity index is 1.34. The van der Waals surface area contributed by atoms with Gasteiger partial charge in [-0.05, 0) is 49.6 Å². The summed E-state index contributed by atoms with van der Waals surface area (Å²) in [6, 6.07) is 11.8. The minimum Gasteiger partial charge on any atom is -0.448 e. The highest BCUT2D eigenvalue weighted by Gasteiger charge is 2.28. The van der Waals surface area contributed by atoms with Crippen LogP contribution in [0, 0.1) is 11.3 Å². The third-order valence-electron chi connectivity index (χ3n) is 5.97. The molecule has 172 valence electrons. The Kier molecular flexibility index (Phi) is 7.76. The lowest BCUT2D eigenvalue weighted by molar-refractivity contribution is -0.111. The van der Waals surface area contributed by atoms with Crippen LogP contribution in [0.25, 0.3) is 6.08 Å². The molecule has 1 N–H and O–H groups in total. The van der Waals surface area contributed by atoms with E-state index in [4.69, 9.17) is 4.74 Å². The Hall–Kier alpha value is -3.15. The Morgan fingerprint density at radius 1 is 1.15 bits per heavy atom. The number of ether oxygens (including phenoxy) is 1. The molecule has 1 aromatic carbocycles. The summed E-state index contributed by atoms with van der Waals surface area (Å²) in [5.74, 6) is -0.289. The van der Waals surface area contributed by atoms with Crippen molar-refractivity contribution < 1.29 is 14.3 Å². The van der Waals surface area contributed by atoms with Gasteiger partial charge in [0.15, 0.2) is 0 Å². The van der Waals surface area contributed by atoms with Gasteiger partial charge in [0.2, 0.25) is 5.91 Å². The number of carbonyl (C=O) groups excluding carboxylic acids is 2. The van der Waals surface area contributed by atoms with Crippen molar-refractivity contribution in [3.8, 4) is 6.07 Å². The van der Waals surface area contributed by atoms with Crippen LogP contribution in [-0.4, -0.2) is 54.6 Å². The molecule has 33 heavy (non-hydrogen) atoms. The van der Waals surface area contributed by atoms with Gasteiger partial charge in [0.05, 0.1) is 12.1 Å². The van der Waals surface area contributed by atoms with E-state index >= 15 is 0 Å². The second-order valence-electron chi connectivity index (χ2n) is 8.24. The second kappa shape index (κ2) is 11.1. The zero-order chi connectivity index (χ0) is 23.0. The van der Waals surface area contributed by atoms with E-state index in [1.165, 1.54) is 36.7 Å². The first-order valence-electron chi connectivity index (χ1n) is 11.4. The average molecular weight is 465 g/mol. The van der Waals surface area contributed by atoms with Crippen LogP contribution in [0.4, 0.5) is 9.80 Å². The smallest absolute Gasteiger partial charge is 0.410 e. The lowest BCUT2D eigenvalue weighted by atomic mass is 10.0. The molecule has 4 rings (SSSR count). The molecule has 2 aromatic rings. The van der Waals surface area contributed by atoms with E-state index < -0.39 is 0 Å². The molecule has 0 bridgehead atoms. The minimum absolute atomic E-state index is 0.289. The molecule has 2 aliphatic heterocycles. The van der Waals surface area contributed by atoms with Gasteiger partial charge >= 0.3 is 6.09 Å². The number of thiophene rings is 1. The van der Waals surface area contributed by atoms with Crippen LogP contribution in [0.1, 0.15) is 40.8 Å². The van der Waals surface area contributed by atoms with E-state index in [1.54, 1.807) is 11.0 Å². The Labute approximate surface area is 198 Å². The predicted octanol–water partition coefficient (Wildman–Crippen LogP) is 4.25. The van der Waals surface area contributed by atoms with Gasteiger partial charge in [-0.1, -0.05) is 36.8 Å². The lowest BCUT2D eigenvalue weighted by Crippen LogP contribution is -2.38. The molecular formula is C25H28N4O3S. The van der Waals surface area contributed by atoms with Crippen LogP contribution in [0.2, 0.25) is 0 Å². The van der Waals surface area contributed by atoms with Crippen LogP contribution in [0.3, 0.4) is 0 Å². The summed E-state index contributed by atoms with van der Waals surface area (Å²) < 4.78 is 5.51. The molecule has 1 fully saturated rings. The summed E-state index contributed by atoms with van der Waals surface area (Å²) in [6.45, 7) is 4.22. The normalized spacial score (nSPS) is 16.3. The molecular weight excluding hydrogens is 436 g/mol. The Morgan fingerprint density at radius 3 is 2.70 bits per heavy atom. The van der Waals surface area contributed by atoms with Crippen LogP contribution in [-0.2, 0) is 22.5 Å². The fraction of sp³-hybridized carbons (Fsp3) is 0.400. The van der Waals surface area contributed by atoms with Gasteiger partial charge in [-0.2, -0.15) is 5.26 Å². The number of carbonyl (C=O) groups is 2. The van der Waals surface area contributed by atoms with Crippen molar-refractivity contribution in [3.63, 3.8) is 0 Å². The number of amides is 2. The number of fused-ring (bicyclic) bond motifs is 1. The molecule has 2 aliphatic rings. The minimum atomic E-state index is -0.319. The van der Waals surface area contributed by atoms with Crippen LogP contribution in [0.5, 0.6) is 0 Å². The molecule has 0 unspecified atom stereocenters. The van der Waals surface area contributed by atoms with Gasteiger partial charge in [0, 0.05) is 24.0 Å². The number of anilines is 1. The molecule has 0 radical (unpaired) electrons. The van der Waals surface area contributed by atoms with Crippen molar-refractivity contribution in [3.05, 3.63) is 58.0 Å². The summed E-state index contributed by atoms with van der Waals surface area (Å²) >= 11 is 1.36. The van der Waals surface area contributed by atoms with Gasteiger partial charge in [0.1, 0.15) is 17.7 Å². The lowest BCUT2D eigenvalue weighted by Gasteiger charge is -2.28. The molecule has 8 heteroatoms. The molecule has 0 aliphatic carbocycles. The molecule has 0 atom stereocenters. The summed E-state index contributed by atoms with van der Waals surface area (Å²) in [5, 5.41) is 13.0. The van der Waals surface area contributed by atoms with Crippen molar-refractivity contribution in [1.29, 1.82) is 5.26 Å². The summed E-state index contributed by atoms with van der Waals surface area (Å²) in [5.41, 5.74) is 2.34. The molecule has 0 spiro atoms. The van der Waals surface area contributed by atoms with Gasteiger partial charge in [-0.3, -0.25) is 9.69 Å². The number of hydrogen-bond donors (Lipinski definition) is 1. The van der Waals surface area contributed by atoms with E-state index in [9.17, 15) is 14.9 Å². The van der Waals surface area contributed by atoms with Crippen molar-refractivity contribution >= 4 is 34.4 Å². The first-order chi connectivity index (χ1) is 16.1. The molecule has 1 aromatic heterocycles. The van der Waals surface area contributed by atoms with Crippen molar-refractivity contribution in [2.24, 2.45) is 0 Å². The predicted molar refractivity (Wildman–Crippen MR) is 129 cm³/mol. The average Bonchev–Trinajstić information content (AvgIpc) is 3.20. The van der Waals surface area contributed by atoms with Gasteiger partial charge in [-0.25, -0.2) is 4.79 Å². The molecule has 7 nitrogen and oxygen atoms in total. The third kappa shape index (κ3) is 6.01. The summed E-state index contributed by atoms with van der Waals surface area (Å²) in [6.07, 6.45) is 7.15. The maximum absolute atomic E-state index is 12.6. The SMILES string of the molecule is N#Cc1c(NC(=O)/C=C/c2ccccc2)sc2c1CCN(C(=O)OCCN1CCCCC1)C2. The fourth-order valence-corrected chi connectivity index (χ4v) is 5.41. The molecule has 3 heterocycles. The third-order valence-corrected chi connectivity index (χ3v) is 7.10. The highest BCUT2D eigenvalue weighted by Crippen LogP contribution is 2.36. The van der Waals surface area contributed by atoms with E-state index in [2.05, 4.69) is 16.3 Å². The maximum Gasteiger partial charge on any atom is 0.410 e. The number of benzene rings is 1. The maximum atomic E-state index is 12.6. The first-order valence-corrected chi connectivity index (χ1v) is 12.2. The number of likely N-dealkylation sites (tertiary alicyclic amines) is 1. The Bertz CT molecular complexity index is 1050. The Morgan fingerprint density at radius 2 is 1.94 bits per heavy atom. The van der Waals surface area contributed by atoms with Crippen molar-refractivity contribution in [2.75, 3.05) is 38.1 Å².